The quantitative estimate of drug-likeness (QED) is 0.632. The molecule has 19 heavy (non-hydrogen) atoms. The largest absolute Gasteiger partial charge is 0.462 e. The van der Waals surface area contributed by atoms with Crippen LogP contribution in [0, 0.1) is 11.3 Å². The lowest BCUT2D eigenvalue weighted by Crippen LogP contribution is -2.13. The molecule has 0 N–H and O–H groups in total. The Kier molecular flexibility index (Phi) is 4.78. The van der Waals surface area contributed by atoms with Crippen LogP contribution in [0.25, 0.3) is 0 Å². The molecule has 0 heterocycles. The van der Waals surface area contributed by atoms with Crippen molar-refractivity contribution in [3.05, 3.63) is 34.4 Å². The van der Waals surface area contributed by atoms with Crippen LogP contribution in [0.3, 0.4) is 0 Å². The molecule has 0 atom stereocenters. The lowest BCUT2D eigenvalue weighted by molar-refractivity contribution is -0.137. The van der Waals surface area contributed by atoms with Gasteiger partial charge in [0.25, 0.3) is 0 Å². The minimum atomic E-state index is -4.63. The highest BCUT2D eigenvalue weighted by Gasteiger charge is 2.33. The SMILES string of the molecule is CCOC(=O)c1cc(C(F)(F)F)cc(CCl)c1C#N. The van der Waals surface area contributed by atoms with Gasteiger partial charge in [-0.15, -0.1) is 11.6 Å². The number of ether oxygens (including phenoxy) is 1. The molecule has 0 fully saturated rings. The first-order valence-corrected chi connectivity index (χ1v) is 5.75. The topological polar surface area (TPSA) is 50.1 Å². The van der Waals surface area contributed by atoms with Crippen LogP contribution >= 0.6 is 11.6 Å². The van der Waals surface area contributed by atoms with E-state index < -0.39 is 23.3 Å². The second-order valence-corrected chi connectivity index (χ2v) is 3.79. The molecule has 0 saturated heterocycles. The van der Waals surface area contributed by atoms with Crippen LogP contribution in [0.15, 0.2) is 12.1 Å². The Morgan fingerprint density at radius 2 is 2.11 bits per heavy atom. The Bertz CT molecular complexity index is 535. The van der Waals surface area contributed by atoms with E-state index in [4.69, 9.17) is 16.9 Å². The highest BCUT2D eigenvalue weighted by atomic mass is 35.5. The van der Waals surface area contributed by atoms with Gasteiger partial charge in [0.05, 0.1) is 23.3 Å². The van der Waals surface area contributed by atoms with Crippen LogP contribution in [-0.2, 0) is 16.8 Å². The fourth-order valence-electron chi connectivity index (χ4n) is 1.47. The van der Waals surface area contributed by atoms with E-state index in [1.54, 1.807) is 6.07 Å². The van der Waals surface area contributed by atoms with Crippen molar-refractivity contribution < 1.29 is 22.7 Å². The Morgan fingerprint density at radius 1 is 1.47 bits per heavy atom. The molecule has 1 aromatic carbocycles. The van der Waals surface area contributed by atoms with E-state index in [2.05, 4.69) is 4.74 Å². The third kappa shape index (κ3) is 3.38. The molecule has 7 heteroatoms. The van der Waals surface area contributed by atoms with E-state index in [9.17, 15) is 18.0 Å². The highest BCUT2D eigenvalue weighted by molar-refractivity contribution is 6.17. The number of nitrogens with zero attached hydrogens (tertiary/aromatic N) is 1. The molecule has 0 saturated carbocycles. The second-order valence-electron chi connectivity index (χ2n) is 3.52. The summed E-state index contributed by atoms with van der Waals surface area (Å²) in [5, 5.41) is 8.94. The minimum absolute atomic E-state index is 0.00381. The summed E-state index contributed by atoms with van der Waals surface area (Å²) < 4.78 is 42.7. The Balaban J connectivity index is 3.50. The first kappa shape index (κ1) is 15.3. The number of rotatable bonds is 3. The summed E-state index contributed by atoms with van der Waals surface area (Å²) in [6.45, 7) is 1.51. The van der Waals surface area contributed by atoms with Crippen molar-refractivity contribution in [1.82, 2.24) is 0 Å². The smallest absolute Gasteiger partial charge is 0.416 e. The van der Waals surface area contributed by atoms with Crippen LogP contribution in [0.5, 0.6) is 0 Å². The molecule has 3 nitrogen and oxygen atoms in total. The van der Waals surface area contributed by atoms with Crippen LogP contribution in [0.4, 0.5) is 13.2 Å². The monoisotopic (exact) mass is 291 g/mol. The molecule has 0 spiro atoms. The van der Waals surface area contributed by atoms with Gasteiger partial charge in [0.2, 0.25) is 0 Å². The van der Waals surface area contributed by atoms with Crippen molar-refractivity contribution in [3.8, 4) is 6.07 Å². The molecule has 1 rings (SSSR count). The third-order valence-electron chi connectivity index (χ3n) is 2.30. The highest BCUT2D eigenvalue weighted by Crippen LogP contribution is 2.33. The molecular weight excluding hydrogens is 283 g/mol. The summed E-state index contributed by atoms with van der Waals surface area (Å²) in [5.41, 5.74) is -1.71. The number of hydrogen-bond donors (Lipinski definition) is 0. The minimum Gasteiger partial charge on any atom is -0.462 e. The maximum Gasteiger partial charge on any atom is 0.416 e. The lowest BCUT2D eigenvalue weighted by atomic mass is 9.99. The number of benzene rings is 1. The van der Waals surface area contributed by atoms with Gasteiger partial charge in [-0.3, -0.25) is 0 Å². The summed E-state index contributed by atoms with van der Waals surface area (Å²) in [4.78, 5) is 11.6. The van der Waals surface area contributed by atoms with Gasteiger partial charge in [0.1, 0.15) is 6.07 Å². The predicted octanol–water partition coefficient (Wildman–Crippen LogP) is 3.49. The molecule has 0 unspecified atom stereocenters. The first-order valence-electron chi connectivity index (χ1n) is 5.22. The van der Waals surface area contributed by atoms with Crippen LogP contribution in [0.2, 0.25) is 0 Å². The van der Waals surface area contributed by atoms with Crippen molar-refractivity contribution in [2.75, 3.05) is 6.61 Å². The molecule has 0 aliphatic rings. The van der Waals surface area contributed by atoms with E-state index >= 15 is 0 Å². The number of hydrogen-bond acceptors (Lipinski definition) is 3. The van der Waals surface area contributed by atoms with Gasteiger partial charge in [-0.1, -0.05) is 0 Å². The predicted molar refractivity (Wildman–Crippen MR) is 61.7 cm³/mol. The number of carbonyl (C=O) groups excluding carboxylic acids is 1. The van der Waals surface area contributed by atoms with Crippen molar-refractivity contribution in [3.63, 3.8) is 0 Å². The average Bonchev–Trinajstić information content (AvgIpc) is 2.36. The Hall–Kier alpha value is -1.74. The molecule has 0 amide bonds. The molecule has 0 aromatic heterocycles. The maximum atomic E-state index is 12.7. The Morgan fingerprint density at radius 3 is 2.53 bits per heavy atom. The molecular formula is C12H9ClF3NO2. The lowest BCUT2D eigenvalue weighted by Gasteiger charge is -2.12. The average molecular weight is 292 g/mol. The number of alkyl halides is 4. The summed E-state index contributed by atoms with van der Waals surface area (Å²) in [7, 11) is 0. The van der Waals surface area contributed by atoms with E-state index in [1.165, 1.54) is 6.92 Å². The van der Waals surface area contributed by atoms with Gasteiger partial charge in [-0.05, 0) is 24.6 Å². The molecule has 102 valence electrons. The van der Waals surface area contributed by atoms with Crippen molar-refractivity contribution in [2.45, 2.75) is 19.0 Å². The van der Waals surface area contributed by atoms with Crippen LogP contribution in [-0.4, -0.2) is 12.6 Å². The van der Waals surface area contributed by atoms with Gasteiger partial charge in [0, 0.05) is 5.88 Å². The maximum absolute atomic E-state index is 12.7. The zero-order valence-electron chi connectivity index (χ0n) is 9.84. The first-order chi connectivity index (χ1) is 8.85. The van der Waals surface area contributed by atoms with Gasteiger partial charge >= 0.3 is 12.1 Å². The van der Waals surface area contributed by atoms with E-state index in [1.807, 2.05) is 0 Å². The van der Waals surface area contributed by atoms with Crippen molar-refractivity contribution >= 4 is 17.6 Å². The van der Waals surface area contributed by atoms with Gasteiger partial charge < -0.3 is 4.74 Å². The van der Waals surface area contributed by atoms with E-state index in [0.29, 0.717) is 6.07 Å². The van der Waals surface area contributed by atoms with Crippen molar-refractivity contribution in [2.24, 2.45) is 0 Å². The molecule has 0 aliphatic carbocycles. The van der Waals surface area contributed by atoms with Gasteiger partial charge in [-0.2, -0.15) is 18.4 Å². The second kappa shape index (κ2) is 5.93. The molecule has 0 bridgehead atoms. The molecule has 0 radical (unpaired) electrons. The summed E-state index contributed by atoms with van der Waals surface area (Å²) >= 11 is 5.52. The summed E-state index contributed by atoms with van der Waals surface area (Å²) in [6.07, 6.45) is -4.63. The van der Waals surface area contributed by atoms with E-state index in [0.717, 1.165) is 6.07 Å². The summed E-state index contributed by atoms with van der Waals surface area (Å²) in [5.74, 6) is -1.28. The van der Waals surface area contributed by atoms with Gasteiger partial charge in [-0.25, -0.2) is 4.79 Å². The van der Waals surface area contributed by atoms with Crippen LogP contribution in [0.1, 0.15) is 34.0 Å². The third-order valence-corrected chi connectivity index (χ3v) is 2.59. The van der Waals surface area contributed by atoms with Crippen molar-refractivity contribution in [1.29, 1.82) is 5.26 Å². The molecule has 1 aromatic rings. The standard InChI is InChI=1S/C12H9ClF3NO2/c1-2-19-11(18)9-4-8(12(14,15)16)3-7(5-13)10(9)6-17/h3-4H,2,5H2,1H3. The summed E-state index contributed by atoms with van der Waals surface area (Å²) in [6, 6.07) is 3.04. The fraction of sp³-hybridized carbons (Fsp3) is 0.333. The number of halogens is 4. The van der Waals surface area contributed by atoms with E-state index in [-0.39, 0.29) is 23.6 Å². The normalized spacial score (nSPS) is 10.9. The fourth-order valence-corrected chi connectivity index (χ4v) is 1.68. The zero-order chi connectivity index (χ0) is 14.6. The zero-order valence-corrected chi connectivity index (χ0v) is 10.6. The number of carbonyl (C=O) groups is 1. The Labute approximate surface area is 112 Å². The van der Waals surface area contributed by atoms with Crippen LogP contribution < -0.4 is 0 Å². The van der Waals surface area contributed by atoms with Gasteiger partial charge in [0.15, 0.2) is 0 Å². The number of esters is 1. The molecule has 0 aliphatic heterocycles. The number of nitriles is 1.